The number of rotatable bonds is 10. The minimum atomic E-state index is -0.295. The number of aromatic nitrogens is 4. The van der Waals surface area contributed by atoms with Gasteiger partial charge < -0.3 is 19.5 Å². The molecule has 214 valence electrons. The molecule has 3 heterocycles. The molecule has 2 aromatic heterocycles. The molecule has 1 aliphatic heterocycles. The van der Waals surface area contributed by atoms with Crippen LogP contribution < -0.4 is 10.1 Å². The van der Waals surface area contributed by atoms with Crippen molar-refractivity contribution in [2.75, 3.05) is 26.0 Å². The molecular weight excluding hydrogens is 534 g/mol. The predicted molar refractivity (Wildman–Crippen MR) is 159 cm³/mol. The lowest BCUT2D eigenvalue weighted by Crippen LogP contribution is -2.26. The molecule has 0 bridgehead atoms. The number of imidazole rings is 1. The number of anilines is 1. The van der Waals surface area contributed by atoms with Gasteiger partial charge in [0.25, 0.3) is 0 Å². The van der Waals surface area contributed by atoms with E-state index in [4.69, 9.17) is 14.7 Å². The minimum absolute atomic E-state index is 0.140. The van der Waals surface area contributed by atoms with Gasteiger partial charge in [-0.3, -0.25) is 0 Å². The Morgan fingerprint density at radius 1 is 0.952 bits per heavy atom. The van der Waals surface area contributed by atoms with E-state index in [-0.39, 0.29) is 17.7 Å². The summed E-state index contributed by atoms with van der Waals surface area (Å²) in [4.78, 5) is 16.6. The molecule has 7 nitrogen and oxygen atoms in total. The summed E-state index contributed by atoms with van der Waals surface area (Å²) in [5, 5.41) is 3.33. The van der Waals surface area contributed by atoms with Gasteiger partial charge in [-0.25, -0.2) is 23.7 Å². The molecule has 0 saturated heterocycles. The van der Waals surface area contributed by atoms with Crippen LogP contribution >= 0.6 is 0 Å². The molecule has 1 N–H and O–H groups in total. The van der Waals surface area contributed by atoms with Crippen LogP contribution in [0, 0.1) is 11.6 Å². The fraction of sp³-hybridized carbons (Fsp3) is 0.242. The maximum Gasteiger partial charge on any atom is 0.223 e. The van der Waals surface area contributed by atoms with Crippen molar-refractivity contribution >= 4 is 5.95 Å². The number of likely N-dealkylation sites (N-methyl/N-ethyl adjacent to an activating group) is 1. The molecule has 5 aromatic rings. The van der Waals surface area contributed by atoms with E-state index in [2.05, 4.69) is 19.8 Å². The van der Waals surface area contributed by atoms with Gasteiger partial charge in [-0.2, -0.15) is 0 Å². The van der Waals surface area contributed by atoms with Crippen molar-refractivity contribution in [1.29, 1.82) is 0 Å². The highest BCUT2D eigenvalue weighted by Gasteiger charge is 2.31. The zero-order valence-corrected chi connectivity index (χ0v) is 23.6. The number of hydrogen-bond acceptors (Lipinski definition) is 6. The lowest BCUT2D eigenvalue weighted by atomic mass is 10.1. The number of fused-ring (bicyclic) bond motifs is 1. The number of hydrogen-bond donors (Lipinski definition) is 1. The van der Waals surface area contributed by atoms with Crippen molar-refractivity contribution in [2.24, 2.45) is 0 Å². The van der Waals surface area contributed by atoms with Crippen molar-refractivity contribution in [1.82, 2.24) is 24.4 Å². The first-order valence-electron chi connectivity index (χ1n) is 14.0. The number of methoxy groups -OCH3 is 1. The van der Waals surface area contributed by atoms with Crippen LogP contribution in [0.2, 0.25) is 0 Å². The number of nitrogens with one attached hydrogen (secondary N) is 1. The average Bonchev–Trinajstić information content (AvgIpc) is 3.57. The quantitative estimate of drug-likeness (QED) is 0.208. The maximum absolute atomic E-state index is 13.8. The third kappa shape index (κ3) is 6.01. The average molecular weight is 567 g/mol. The maximum atomic E-state index is 13.8. The van der Waals surface area contributed by atoms with Crippen molar-refractivity contribution in [3.05, 3.63) is 114 Å². The highest BCUT2D eigenvalue weighted by Crippen LogP contribution is 2.39. The SMILES string of the molecule is COc1ccc(CNc2nccc(-c3c(-c4ccc(F)cc4)nc4n3[C@H](CN(C)Cc3cccc(F)c3)CC4)n2)cc1. The molecule has 3 aromatic carbocycles. The van der Waals surface area contributed by atoms with E-state index >= 15 is 0 Å². The highest BCUT2D eigenvalue weighted by atomic mass is 19.1. The van der Waals surface area contributed by atoms with Crippen LogP contribution in [0.1, 0.15) is 29.4 Å². The van der Waals surface area contributed by atoms with Crippen LogP contribution in [0.25, 0.3) is 22.6 Å². The van der Waals surface area contributed by atoms with E-state index in [0.29, 0.717) is 19.0 Å². The second-order valence-corrected chi connectivity index (χ2v) is 10.6. The smallest absolute Gasteiger partial charge is 0.223 e. The van der Waals surface area contributed by atoms with Gasteiger partial charge in [-0.1, -0.05) is 24.3 Å². The van der Waals surface area contributed by atoms with Gasteiger partial charge in [0.05, 0.1) is 24.2 Å². The fourth-order valence-corrected chi connectivity index (χ4v) is 5.57. The van der Waals surface area contributed by atoms with Crippen LogP contribution in [-0.4, -0.2) is 45.1 Å². The van der Waals surface area contributed by atoms with Crippen molar-refractivity contribution < 1.29 is 13.5 Å². The molecule has 9 heteroatoms. The third-order valence-electron chi connectivity index (χ3n) is 7.54. The number of ether oxygens (including phenoxy) is 1. The van der Waals surface area contributed by atoms with Gasteiger partial charge in [0.15, 0.2) is 0 Å². The number of benzene rings is 3. The van der Waals surface area contributed by atoms with Crippen molar-refractivity contribution in [2.45, 2.75) is 32.0 Å². The molecule has 0 spiro atoms. The molecule has 0 radical (unpaired) electrons. The Morgan fingerprint density at radius 3 is 2.52 bits per heavy atom. The van der Waals surface area contributed by atoms with Crippen LogP contribution in [-0.2, 0) is 19.5 Å². The molecule has 6 rings (SSSR count). The Bertz CT molecular complexity index is 1670. The molecular formula is C33H32F2N6O. The Kier molecular flexibility index (Phi) is 7.92. The third-order valence-corrected chi connectivity index (χ3v) is 7.54. The molecule has 0 saturated carbocycles. The van der Waals surface area contributed by atoms with Gasteiger partial charge in [-0.05, 0) is 79.2 Å². The summed E-state index contributed by atoms with van der Waals surface area (Å²) in [5.74, 6) is 1.75. The lowest BCUT2D eigenvalue weighted by molar-refractivity contribution is 0.273. The monoisotopic (exact) mass is 566 g/mol. The summed E-state index contributed by atoms with van der Waals surface area (Å²) in [5.41, 5.74) is 5.21. The van der Waals surface area contributed by atoms with E-state index in [1.165, 1.54) is 18.2 Å². The van der Waals surface area contributed by atoms with Gasteiger partial charge in [0.1, 0.15) is 23.2 Å². The normalized spacial score (nSPS) is 14.3. The molecule has 0 amide bonds. The summed E-state index contributed by atoms with van der Waals surface area (Å²) in [6, 6.07) is 23.0. The molecule has 1 aliphatic rings. The first-order chi connectivity index (χ1) is 20.5. The van der Waals surface area contributed by atoms with E-state index in [0.717, 1.165) is 64.7 Å². The first-order valence-corrected chi connectivity index (χ1v) is 14.0. The summed E-state index contributed by atoms with van der Waals surface area (Å²) in [7, 11) is 3.69. The van der Waals surface area contributed by atoms with E-state index < -0.39 is 0 Å². The number of halogens is 2. The zero-order chi connectivity index (χ0) is 29.1. The minimum Gasteiger partial charge on any atom is -0.497 e. The summed E-state index contributed by atoms with van der Waals surface area (Å²) >= 11 is 0. The first kappa shape index (κ1) is 27.5. The molecule has 42 heavy (non-hydrogen) atoms. The van der Waals surface area contributed by atoms with Crippen LogP contribution in [0.3, 0.4) is 0 Å². The predicted octanol–water partition coefficient (Wildman–Crippen LogP) is 6.53. The van der Waals surface area contributed by atoms with Crippen LogP contribution in [0.15, 0.2) is 85.1 Å². The molecule has 0 unspecified atom stereocenters. The molecule has 0 fully saturated rings. The van der Waals surface area contributed by atoms with Gasteiger partial charge >= 0.3 is 0 Å². The Morgan fingerprint density at radius 2 is 1.76 bits per heavy atom. The molecule has 0 aliphatic carbocycles. The van der Waals surface area contributed by atoms with Gasteiger partial charge in [0, 0.05) is 43.9 Å². The van der Waals surface area contributed by atoms with Gasteiger partial charge in [0.2, 0.25) is 5.95 Å². The summed E-state index contributed by atoms with van der Waals surface area (Å²) in [6.07, 6.45) is 3.49. The lowest BCUT2D eigenvalue weighted by Gasteiger charge is -2.24. The number of aryl methyl sites for hydroxylation is 1. The number of nitrogens with zero attached hydrogens (tertiary/aromatic N) is 5. The topological polar surface area (TPSA) is 68.1 Å². The fourth-order valence-electron chi connectivity index (χ4n) is 5.57. The van der Waals surface area contributed by atoms with Crippen molar-refractivity contribution in [3.8, 4) is 28.4 Å². The standard InChI is InChI=1S/C33H32F2N6O/c1-40(20-23-4-3-5-26(35)18-23)21-27-12-15-30-39-31(24-8-10-25(34)11-9-24)32(41(27)30)29-16-17-36-33(38-29)37-19-22-6-13-28(42-2)14-7-22/h3-11,13-14,16-18,27H,12,15,19-21H2,1-2H3,(H,36,37,38)/t27-/m0/s1. The Labute approximate surface area is 243 Å². The molecule has 1 atom stereocenters. The second kappa shape index (κ2) is 12.1. The van der Waals surface area contributed by atoms with E-state index in [9.17, 15) is 8.78 Å². The van der Waals surface area contributed by atoms with Crippen LogP contribution in [0.4, 0.5) is 14.7 Å². The van der Waals surface area contributed by atoms with Crippen LogP contribution in [0.5, 0.6) is 5.75 Å². The second-order valence-electron chi connectivity index (χ2n) is 10.6. The van der Waals surface area contributed by atoms with Crippen molar-refractivity contribution in [3.63, 3.8) is 0 Å². The van der Waals surface area contributed by atoms with E-state index in [1.807, 2.05) is 43.4 Å². The Balaban J connectivity index is 1.31. The van der Waals surface area contributed by atoms with E-state index in [1.54, 1.807) is 37.6 Å². The Hall–Kier alpha value is -4.63. The summed E-state index contributed by atoms with van der Waals surface area (Å²) < 4.78 is 35.1. The van der Waals surface area contributed by atoms with Gasteiger partial charge in [-0.15, -0.1) is 0 Å². The zero-order valence-electron chi connectivity index (χ0n) is 23.6. The largest absolute Gasteiger partial charge is 0.497 e. The highest BCUT2D eigenvalue weighted by molar-refractivity contribution is 5.78. The summed E-state index contributed by atoms with van der Waals surface area (Å²) in [6.45, 7) is 1.94.